The predicted octanol–water partition coefficient (Wildman–Crippen LogP) is 2.11. The third-order valence-electron chi connectivity index (χ3n) is 5.68. The van der Waals surface area contributed by atoms with Gasteiger partial charge in [-0.3, -0.25) is 0 Å². The summed E-state index contributed by atoms with van der Waals surface area (Å²) in [6, 6.07) is 9.00. The van der Waals surface area contributed by atoms with Crippen molar-refractivity contribution in [2.45, 2.75) is 25.7 Å². The molecule has 1 aromatic carbocycles. The lowest BCUT2D eigenvalue weighted by molar-refractivity contribution is 0.382. The molecule has 0 spiro atoms. The molecule has 0 unspecified atom stereocenters. The molecule has 0 N–H and O–H groups in total. The van der Waals surface area contributed by atoms with Gasteiger partial charge in [-0.1, -0.05) is 0 Å². The number of rotatable bonds is 5. The van der Waals surface area contributed by atoms with Gasteiger partial charge in [-0.15, -0.1) is 10.2 Å². The summed E-state index contributed by atoms with van der Waals surface area (Å²) in [5.74, 6) is 2.05. The number of sulfonamides is 1. The molecule has 0 saturated carbocycles. The van der Waals surface area contributed by atoms with Crippen molar-refractivity contribution in [2.24, 2.45) is 0 Å². The topological polar surface area (TPSA) is 93.5 Å². The van der Waals surface area contributed by atoms with Crippen LogP contribution in [0.25, 0.3) is 5.82 Å². The number of aromatic nitrogens is 4. The van der Waals surface area contributed by atoms with Gasteiger partial charge < -0.3 is 9.64 Å². The Balaban J connectivity index is 1.46. The molecule has 0 amide bonds. The monoisotopic (exact) mass is 442 g/mol. The van der Waals surface area contributed by atoms with Crippen LogP contribution in [0.5, 0.6) is 5.75 Å². The predicted molar refractivity (Wildman–Crippen MR) is 117 cm³/mol. The summed E-state index contributed by atoms with van der Waals surface area (Å²) >= 11 is 0. The van der Waals surface area contributed by atoms with Crippen molar-refractivity contribution in [2.75, 3.05) is 38.2 Å². The maximum atomic E-state index is 13.2. The number of anilines is 1. The van der Waals surface area contributed by atoms with Gasteiger partial charge in [0.05, 0.1) is 17.7 Å². The van der Waals surface area contributed by atoms with E-state index in [9.17, 15) is 8.42 Å². The second-order valence-electron chi connectivity index (χ2n) is 7.56. The highest BCUT2D eigenvalue weighted by atomic mass is 32.2. The van der Waals surface area contributed by atoms with E-state index in [-0.39, 0.29) is 0 Å². The van der Waals surface area contributed by atoms with E-state index in [1.54, 1.807) is 23.9 Å². The van der Waals surface area contributed by atoms with Gasteiger partial charge in [0.1, 0.15) is 5.75 Å². The lowest BCUT2D eigenvalue weighted by Gasteiger charge is -2.34. The highest BCUT2D eigenvalue weighted by Gasteiger charge is 2.31. The second kappa shape index (κ2) is 8.27. The van der Waals surface area contributed by atoms with Crippen LogP contribution in [0.15, 0.2) is 41.4 Å². The molecule has 2 aromatic heterocycles. The van der Waals surface area contributed by atoms with Gasteiger partial charge in [0.25, 0.3) is 0 Å². The van der Waals surface area contributed by atoms with Gasteiger partial charge in [0.15, 0.2) is 11.6 Å². The standard InChI is InChI=1S/C21H26N6O3S/c1-15-9-10-27(24-15)21-8-7-20(22-23-21)25-11-13-26(14-12-25)31(28,29)19-6-5-18(30-4)16(2)17(19)3/h5-10H,11-14H2,1-4H3. The molecule has 0 radical (unpaired) electrons. The van der Waals surface area contributed by atoms with Crippen molar-refractivity contribution in [1.82, 2.24) is 24.3 Å². The molecule has 1 aliphatic rings. The molecule has 1 aliphatic heterocycles. The third-order valence-corrected chi connectivity index (χ3v) is 7.72. The summed E-state index contributed by atoms with van der Waals surface area (Å²) in [7, 11) is -2.00. The molecule has 1 fully saturated rings. The van der Waals surface area contributed by atoms with Gasteiger partial charge in [-0.25, -0.2) is 13.1 Å². The van der Waals surface area contributed by atoms with E-state index >= 15 is 0 Å². The zero-order valence-electron chi connectivity index (χ0n) is 18.1. The van der Waals surface area contributed by atoms with Crippen molar-refractivity contribution < 1.29 is 13.2 Å². The molecule has 10 heteroatoms. The Hall–Kier alpha value is -2.98. The molecule has 164 valence electrons. The van der Waals surface area contributed by atoms with E-state index in [4.69, 9.17) is 4.74 Å². The minimum absolute atomic E-state index is 0.331. The van der Waals surface area contributed by atoms with Crippen molar-refractivity contribution in [3.05, 3.63) is 53.3 Å². The van der Waals surface area contributed by atoms with E-state index in [2.05, 4.69) is 15.3 Å². The van der Waals surface area contributed by atoms with Crippen molar-refractivity contribution >= 4 is 15.8 Å². The van der Waals surface area contributed by atoms with Crippen LogP contribution in [0.1, 0.15) is 16.8 Å². The maximum Gasteiger partial charge on any atom is 0.243 e. The van der Waals surface area contributed by atoms with Crippen LogP contribution in [-0.4, -0.2) is 66.0 Å². The normalized spacial score (nSPS) is 15.3. The molecule has 0 aliphatic carbocycles. The fourth-order valence-corrected chi connectivity index (χ4v) is 5.42. The Labute approximate surface area is 182 Å². The van der Waals surface area contributed by atoms with E-state index in [1.807, 2.05) is 50.1 Å². The van der Waals surface area contributed by atoms with Crippen LogP contribution in [0, 0.1) is 20.8 Å². The number of benzene rings is 1. The Morgan fingerprint density at radius 3 is 2.13 bits per heavy atom. The van der Waals surface area contributed by atoms with Gasteiger partial charge in [0.2, 0.25) is 10.0 Å². The molecular formula is C21H26N6O3S. The number of ether oxygens (including phenoxy) is 1. The van der Waals surface area contributed by atoms with E-state index in [0.29, 0.717) is 42.6 Å². The first-order valence-corrected chi connectivity index (χ1v) is 11.5. The average molecular weight is 443 g/mol. The Bertz CT molecular complexity index is 1180. The van der Waals surface area contributed by atoms with Gasteiger partial charge in [-0.05, 0) is 62.2 Å². The zero-order valence-corrected chi connectivity index (χ0v) is 18.9. The van der Waals surface area contributed by atoms with E-state index in [0.717, 1.165) is 22.6 Å². The molecule has 9 nitrogen and oxygen atoms in total. The van der Waals surface area contributed by atoms with Crippen LogP contribution < -0.4 is 9.64 Å². The molecule has 31 heavy (non-hydrogen) atoms. The summed E-state index contributed by atoms with van der Waals surface area (Å²) in [5.41, 5.74) is 2.47. The van der Waals surface area contributed by atoms with Crippen molar-refractivity contribution in [3.63, 3.8) is 0 Å². The smallest absolute Gasteiger partial charge is 0.243 e. The highest BCUT2D eigenvalue weighted by molar-refractivity contribution is 7.89. The summed E-state index contributed by atoms with van der Waals surface area (Å²) in [6.07, 6.45) is 1.84. The first kappa shape index (κ1) is 21.3. The summed E-state index contributed by atoms with van der Waals surface area (Å²) < 4.78 is 35.0. The summed E-state index contributed by atoms with van der Waals surface area (Å²) in [4.78, 5) is 2.38. The van der Waals surface area contributed by atoms with E-state index in [1.165, 1.54) is 4.31 Å². The van der Waals surface area contributed by atoms with Crippen LogP contribution in [0.2, 0.25) is 0 Å². The number of nitrogens with zero attached hydrogens (tertiary/aromatic N) is 6. The lowest BCUT2D eigenvalue weighted by Crippen LogP contribution is -2.49. The molecule has 0 atom stereocenters. The SMILES string of the molecule is COc1ccc(S(=O)(=O)N2CCN(c3ccc(-n4ccc(C)n4)nn3)CC2)c(C)c1C. The fourth-order valence-electron chi connectivity index (χ4n) is 3.72. The Morgan fingerprint density at radius 2 is 1.55 bits per heavy atom. The van der Waals surface area contributed by atoms with Gasteiger partial charge in [-0.2, -0.15) is 9.40 Å². The number of methoxy groups -OCH3 is 1. The Morgan fingerprint density at radius 1 is 0.871 bits per heavy atom. The average Bonchev–Trinajstić information content (AvgIpc) is 3.22. The van der Waals surface area contributed by atoms with Gasteiger partial charge in [0, 0.05) is 32.4 Å². The molecule has 3 heterocycles. The molecule has 3 aromatic rings. The van der Waals surface area contributed by atoms with Crippen LogP contribution in [0.4, 0.5) is 5.82 Å². The minimum atomic E-state index is -3.58. The maximum absolute atomic E-state index is 13.2. The lowest BCUT2D eigenvalue weighted by atomic mass is 10.1. The van der Waals surface area contributed by atoms with Crippen molar-refractivity contribution in [3.8, 4) is 11.6 Å². The first-order chi connectivity index (χ1) is 14.8. The fraction of sp³-hybridized carbons (Fsp3) is 0.381. The first-order valence-electron chi connectivity index (χ1n) is 10.1. The minimum Gasteiger partial charge on any atom is -0.496 e. The quantitative estimate of drug-likeness (QED) is 0.597. The zero-order chi connectivity index (χ0) is 22.2. The third kappa shape index (κ3) is 4.00. The molecular weight excluding hydrogens is 416 g/mol. The molecule has 4 rings (SSSR count). The molecule has 0 bridgehead atoms. The highest BCUT2D eigenvalue weighted by Crippen LogP contribution is 2.29. The number of hydrogen-bond acceptors (Lipinski definition) is 7. The van der Waals surface area contributed by atoms with Crippen LogP contribution in [0.3, 0.4) is 0 Å². The van der Waals surface area contributed by atoms with Crippen molar-refractivity contribution in [1.29, 1.82) is 0 Å². The summed E-state index contributed by atoms with van der Waals surface area (Å²) in [5, 5.41) is 12.9. The second-order valence-corrected chi connectivity index (χ2v) is 9.46. The number of aryl methyl sites for hydroxylation is 1. The van der Waals surface area contributed by atoms with Crippen LogP contribution >= 0.6 is 0 Å². The Kier molecular flexibility index (Phi) is 5.67. The largest absolute Gasteiger partial charge is 0.496 e. The number of piperazine rings is 1. The molecule has 1 saturated heterocycles. The van der Waals surface area contributed by atoms with Crippen LogP contribution in [-0.2, 0) is 10.0 Å². The summed E-state index contributed by atoms with van der Waals surface area (Å²) in [6.45, 7) is 7.46. The van der Waals surface area contributed by atoms with Gasteiger partial charge >= 0.3 is 0 Å². The van der Waals surface area contributed by atoms with E-state index < -0.39 is 10.0 Å². The number of hydrogen-bond donors (Lipinski definition) is 0.